The van der Waals surface area contributed by atoms with Crippen LogP contribution in [-0.2, 0) is 14.2 Å². The highest BCUT2D eigenvalue weighted by Crippen LogP contribution is 2.36. The van der Waals surface area contributed by atoms with Gasteiger partial charge in [-0.25, -0.2) is 0 Å². The third-order valence-corrected chi connectivity index (χ3v) is 7.22. The summed E-state index contributed by atoms with van der Waals surface area (Å²) < 4.78 is 28.3. The lowest BCUT2D eigenvalue weighted by molar-refractivity contribution is -0.354. The second-order valence-corrected chi connectivity index (χ2v) is 10.1. The number of benzene rings is 2. The lowest BCUT2D eigenvalue weighted by Crippen LogP contribution is -2.64. The van der Waals surface area contributed by atoms with E-state index >= 15 is 0 Å². The molecule has 0 unspecified atom stereocenters. The summed E-state index contributed by atoms with van der Waals surface area (Å²) in [6, 6.07) is 7.08. The van der Waals surface area contributed by atoms with Gasteiger partial charge in [0.15, 0.2) is 29.3 Å². The molecule has 9 N–H and O–H groups in total. The van der Waals surface area contributed by atoms with Gasteiger partial charge >= 0.3 is 0 Å². The Morgan fingerprint density at radius 3 is 2.21 bits per heavy atom. The minimum atomic E-state index is -1.78. The molecule has 42 heavy (non-hydrogen) atoms. The first kappa shape index (κ1) is 30.0. The summed E-state index contributed by atoms with van der Waals surface area (Å²) in [6.45, 7) is 0.671. The predicted molar refractivity (Wildman–Crippen MR) is 139 cm³/mol. The van der Waals surface area contributed by atoms with Crippen molar-refractivity contribution in [2.45, 2.75) is 68.3 Å². The Labute approximate surface area is 236 Å². The standard InChI is InChI=1S/C27H30O15/c1-9-20(33)22(35)24(37)26(38-9)42-25-23(36)21(34)18(8-28)41-27(25)39-11-5-14(31)19-15(32)7-16(40-17(19)6-11)10-2-3-12(29)13(30)4-10/h2-7,9,18,20-31,33-37H,8H2,1H3/t9-,18+,20+,21-,22-,23-,24-,25+,26+,27+/m1/s1. The maximum absolute atomic E-state index is 12.8. The van der Waals surface area contributed by atoms with Crippen molar-refractivity contribution in [3.63, 3.8) is 0 Å². The first-order valence-electron chi connectivity index (χ1n) is 12.9. The molecule has 0 amide bonds. The monoisotopic (exact) mass is 594 g/mol. The summed E-state index contributed by atoms with van der Waals surface area (Å²) in [5.74, 6) is -1.60. The van der Waals surface area contributed by atoms with Gasteiger partial charge in [-0.2, -0.15) is 0 Å². The van der Waals surface area contributed by atoms with Crippen molar-refractivity contribution in [1.82, 2.24) is 0 Å². The fourth-order valence-corrected chi connectivity index (χ4v) is 4.84. The van der Waals surface area contributed by atoms with Crippen molar-refractivity contribution in [1.29, 1.82) is 0 Å². The molecular weight excluding hydrogens is 564 g/mol. The van der Waals surface area contributed by atoms with Crippen LogP contribution in [0, 0.1) is 0 Å². The van der Waals surface area contributed by atoms with Crippen molar-refractivity contribution >= 4 is 11.0 Å². The van der Waals surface area contributed by atoms with Crippen molar-refractivity contribution in [3.05, 3.63) is 46.6 Å². The molecule has 1 aromatic heterocycles. The van der Waals surface area contributed by atoms with Gasteiger partial charge in [-0.05, 0) is 25.1 Å². The second kappa shape index (κ2) is 11.6. The van der Waals surface area contributed by atoms with E-state index < -0.39 is 84.9 Å². The third-order valence-electron chi connectivity index (χ3n) is 7.22. The van der Waals surface area contributed by atoms with Crippen LogP contribution < -0.4 is 10.2 Å². The Balaban J connectivity index is 1.48. The number of aromatic hydroxyl groups is 3. The molecule has 2 fully saturated rings. The van der Waals surface area contributed by atoms with Crippen molar-refractivity contribution in [3.8, 4) is 34.3 Å². The lowest BCUT2D eigenvalue weighted by atomic mass is 9.97. The van der Waals surface area contributed by atoms with E-state index in [4.69, 9.17) is 23.4 Å². The number of phenolic OH excluding ortho intramolecular Hbond substituents is 3. The highest BCUT2D eigenvalue weighted by molar-refractivity contribution is 5.86. The van der Waals surface area contributed by atoms with Gasteiger partial charge in [-0.3, -0.25) is 4.79 Å². The molecule has 0 radical (unpaired) electrons. The zero-order chi connectivity index (χ0) is 30.5. The van der Waals surface area contributed by atoms with Crippen LogP contribution in [0.15, 0.2) is 45.6 Å². The van der Waals surface area contributed by atoms with Crippen molar-refractivity contribution in [2.75, 3.05) is 6.61 Å². The average Bonchev–Trinajstić information content (AvgIpc) is 2.95. The lowest BCUT2D eigenvalue weighted by Gasteiger charge is -2.45. The summed E-state index contributed by atoms with van der Waals surface area (Å²) >= 11 is 0. The fraction of sp³-hybridized carbons (Fsp3) is 0.444. The molecule has 228 valence electrons. The molecular formula is C27H30O15. The Bertz CT molecular complexity index is 1490. The number of hydrogen-bond acceptors (Lipinski definition) is 15. The minimum absolute atomic E-state index is 0.0216. The van der Waals surface area contributed by atoms with Gasteiger partial charge in [-0.15, -0.1) is 0 Å². The molecule has 2 saturated heterocycles. The van der Waals surface area contributed by atoms with Gasteiger partial charge in [0.1, 0.15) is 64.9 Å². The highest BCUT2D eigenvalue weighted by Gasteiger charge is 2.50. The molecule has 15 heteroatoms. The summed E-state index contributed by atoms with van der Waals surface area (Å²) in [7, 11) is 0. The molecule has 3 aromatic rings. The molecule has 3 heterocycles. The SMILES string of the molecule is C[C@H]1O[C@@H](O[C@@H]2[C@@H](Oc3cc(O)c4c(=O)cc(-c5ccc(O)c(O)c5)oc4c3)O[C@@H](CO)[C@@H](O)[C@H]2O)[C@H](O)[C@H](O)[C@H]1O. The molecule has 5 rings (SSSR count). The molecule has 0 bridgehead atoms. The topological polar surface area (TPSA) is 249 Å². The number of rotatable bonds is 6. The Morgan fingerprint density at radius 2 is 1.52 bits per heavy atom. The average molecular weight is 595 g/mol. The van der Waals surface area contributed by atoms with E-state index in [-0.39, 0.29) is 33.8 Å². The smallest absolute Gasteiger partial charge is 0.229 e. The van der Waals surface area contributed by atoms with Crippen LogP contribution in [0.5, 0.6) is 23.0 Å². The van der Waals surface area contributed by atoms with Crippen LogP contribution in [0.4, 0.5) is 0 Å². The van der Waals surface area contributed by atoms with Gasteiger partial charge < -0.3 is 69.3 Å². The number of hydrogen-bond donors (Lipinski definition) is 9. The van der Waals surface area contributed by atoms with Crippen LogP contribution in [0.3, 0.4) is 0 Å². The van der Waals surface area contributed by atoms with E-state index in [1.807, 2.05) is 0 Å². The van der Waals surface area contributed by atoms with E-state index in [1.165, 1.54) is 25.1 Å². The van der Waals surface area contributed by atoms with Gasteiger partial charge in [0.25, 0.3) is 0 Å². The maximum atomic E-state index is 12.8. The summed E-state index contributed by atoms with van der Waals surface area (Å²) in [5, 5.41) is 91.2. The fourth-order valence-electron chi connectivity index (χ4n) is 4.84. The summed E-state index contributed by atoms with van der Waals surface area (Å²) in [4.78, 5) is 12.8. The molecule has 2 aromatic carbocycles. The minimum Gasteiger partial charge on any atom is -0.507 e. The van der Waals surface area contributed by atoms with Crippen molar-refractivity contribution < 1.29 is 69.3 Å². The van der Waals surface area contributed by atoms with Gasteiger partial charge in [0.2, 0.25) is 6.29 Å². The molecule has 2 aliphatic heterocycles. The summed E-state index contributed by atoms with van der Waals surface area (Å²) in [5.41, 5.74) is -0.575. The molecule has 0 spiro atoms. The van der Waals surface area contributed by atoms with Crippen LogP contribution in [0.1, 0.15) is 6.92 Å². The normalized spacial score (nSPS) is 33.5. The molecule has 2 aliphatic rings. The van der Waals surface area contributed by atoms with Crippen LogP contribution >= 0.6 is 0 Å². The largest absolute Gasteiger partial charge is 0.507 e. The van der Waals surface area contributed by atoms with Crippen LogP contribution in [0.25, 0.3) is 22.3 Å². The number of aliphatic hydroxyl groups is 6. The first-order valence-corrected chi connectivity index (χ1v) is 12.9. The molecule has 0 aliphatic carbocycles. The van der Waals surface area contributed by atoms with Gasteiger partial charge in [-0.1, -0.05) is 0 Å². The number of fused-ring (bicyclic) bond motifs is 1. The van der Waals surface area contributed by atoms with E-state index in [0.717, 1.165) is 18.2 Å². The van der Waals surface area contributed by atoms with Crippen molar-refractivity contribution in [2.24, 2.45) is 0 Å². The Morgan fingerprint density at radius 1 is 0.786 bits per heavy atom. The second-order valence-electron chi connectivity index (χ2n) is 10.1. The van der Waals surface area contributed by atoms with Crippen LogP contribution in [-0.4, -0.2) is 114 Å². The zero-order valence-electron chi connectivity index (χ0n) is 21.9. The van der Waals surface area contributed by atoms with E-state index in [0.29, 0.717) is 0 Å². The van der Waals surface area contributed by atoms with Crippen LogP contribution in [0.2, 0.25) is 0 Å². The number of ether oxygens (including phenoxy) is 4. The zero-order valence-corrected chi connectivity index (χ0v) is 21.9. The van der Waals surface area contributed by atoms with E-state index in [1.54, 1.807) is 0 Å². The molecule has 0 saturated carbocycles. The van der Waals surface area contributed by atoms with E-state index in [2.05, 4.69) is 0 Å². The number of aliphatic hydroxyl groups excluding tert-OH is 6. The molecule has 15 nitrogen and oxygen atoms in total. The third kappa shape index (κ3) is 5.49. The number of phenols is 3. The Hall–Kier alpha value is -3.51. The maximum Gasteiger partial charge on any atom is 0.229 e. The molecule has 10 atom stereocenters. The first-order chi connectivity index (χ1) is 19.9. The van der Waals surface area contributed by atoms with E-state index in [9.17, 15) is 50.8 Å². The van der Waals surface area contributed by atoms with Gasteiger partial charge in [0.05, 0.1) is 12.7 Å². The van der Waals surface area contributed by atoms with Gasteiger partial charge in [0, 0.05) is 23.8 Å². The highest BCUT2D eigenvalue weighted by atomic mass is 16.8. The predicted octanol–water partition coefficient (Wildman–Crippen LogP) is -1.39. The summed E-state index contributed by atoms with van der Waals surface area (Å²) in [6.07, 6.45) is -15.5. The quantitative estimate of drug-likeness (QED) is 0.149. The Kier molecular flexibility index (Phi) is 8.30.